The zero-order chi connectivity index (χ0) is 17.9. The molecule has 0 unspecified atom stereocenters. The quantitative estimate of drug-likeness (QED) is 0.771. The van der Waals surface area contributed by atoms with Crippen molar-refractivity contribution >= 4 is 17.1 Å². The number of fused-ring (bicyclic) bond motifs is 1. The van der Waals surface area contributed by atoms with Crippen LogP contribution in [-0.2, 0) is 4.79 Å². The van der Waals surface area contributed by atoms with E-state index in [0.717, 1.165) is 19.3 Å². The van der Waals surface area contributed by atoms with Crippen LogP contribution in [0, 0.1) is 11.8 Å². The number of pyridine rings is 1. The fourth-order valence-electron chi connectivity index (χ4n) is 4.48. The van der Waals surface area contributed by atoms with Crippen LogP contribution in [0.2, 0.25) is 0 Å². The van der Waals surface area contributed by atoms with E-state index in [-0.39, 0.29) is 17.9 Å². The topological polar surface area (TPSA) is 91.5 Å². The minimum absolute atomic E-state index is 0.0937. The highest BCUT2D eigenvalue weighted by Crippen LogP contribution is 2.36. The molecule has 2 aromatic rings. The van der Waals surface area contributed by atoms with Gasteiger partial charge in [0.25, 0.3) is 0 Å². The summed E-state index contributed by atoms with van der Waals surface area (Å²) in [5.41, 5.74) is 3.46. The van der Waals surface area contributed by atoms with Gasteiger partial charge in [-0.15, -0.1) is 0 Å². The first-order valence-corrected chi connectivity index (χ1v) is 9.65. The molecule has 4 rings (SSSR count). The SMILES string of the molecule is O=C([C@@H](CNO)CC1CCCC1)N1CCC[C@H]1c1nc2ncccc2o1. The summed E-state index contributed by atoms with van der Waals surface area (Å²) >= 11 is 0. The monoisotopic (exact) mass is 358 g/mol. The fourth-order valence-corrected chi connectivity index (χ4v) is 4.48. The molecule has 1 saturated heterocycles. The lowest BCUT2D eigenvalue weighted by molar-refractivity contribution is -0.138. The van der Waals surface area contributed by atoms with Crippen molar-refractivity contribution in [2.24, 2.45) is 11.8 Å². The molecular weight excluding hydrogens is 332 g/mol. The molecular formula is C19H26N4O3. The van der Waals surface area contributed by atoms with Crippen LogP contribution in [0.25, 0.3) is 11.2 Å². The van der Waals surface area contributed by atoms with Gasteiger partial charge in [-0.05, 0) is 37.3 Å². The lowest BCUT2D eigenvalue weighted by Gasteiger charge is -2.28. The summed E-state index contributed by atoms with van der Waals surface area (Å²) in [5.74, 6) is 1.05. The third-order valence-electron chi connectivity index (χ3n) is 5.78. The second-order valence-corrected chi connectivity index (χ2v) is 7.51. The van der Waals surface area contributed by atoms with E-state index < -0.39 is 0 Å². The first kappa shape index (κ1) is 17.4. The van der Waals surface area contributed by atoms with Crippen LogP contribution < -0.4 is 5.48 Å². The summed E-state index contributed by atoms with van der Waals surface area (Å²) in [7, 11) is 0. The zero-order valence-corrected chi connectivity index (χ0v) is 14.9. The Labute approximate surface area is 152 Å². The maximum atomic E-state index is 13.2. The Balaban J connectivity index is 1.52. The number of amides is 1. The third kappa shape index (κ3) is 3.46. The van der Waals surface area contributed by atoms with Crippen molar-refractivity contribution in [2.75, 3.05) is 13.1 Å². The summed E-state index contributed by atoms with van der Waals surface area (Å²) in [6, 6.07) is 3.53. The average Bonchev–Trinajstić information content (AvgIpc) is 3.39. The number of oxazole rings is 1. The Morgan fingerprint density at radius 1 is 1.35 bits per heavy atom. The molecule has 1 amide bonds. The lowest BCUT2D eigenvalue weighted by Crippen LogP contribution is -2.40. The van der Waals surface area contributed by atoms with Crippen molar-refractivity contribution in [3.05, 3.63) is 24.2 Å². The van der Waals surface area contributed by atoms with Gasteiger partial charge in [0, 0.05) is 19.3 Å². The van der Waals surface area contributed by atoms with E-state index in [9.17, 15) is 10.0 Å². The molecule has 7 nitrogen and oxygen atoms in total. The van der Waals surface area contributed by atoms with Crippen LogP contribution in [0.3, 0.4) is 0 Å². The smallest absolute Gasteiger partial charge is 0.227 e. The summed E-state index contributed by atoms with van der Waals surface area (Å²) < 4.78 is 5.87. The molecule has 0 spiro atoms. The summed E-state index contributed by atoms with van der Waals surface area (Å²) in [5, 5.41) is 9.22. The predicted molar refractivity (Wildman–Crippen MR) is 95.3 cm³/mol. The number of hydroxylamine groups is 1. The molecule has 140 valence electrons. The molecule has 0 aromatic carbocycles. The van der Waals surface area contributed by atoms with Gasteiger partial charge in [0.2, 0.25) is 11.8 Å². The standard InChI is InChI=1S/C19H26N4O3/c24-19(14(12-21-25)11-13-5-1-2-6-13)23-10-4-7-15(23)18-22-17-16(26-18)8-3-9-20-17/h3,8-9,13-15,21,25H,1-2,4-7,10-12H2/t14-,15+/m1/s1. The van der Waals surface area contributed by atoms with Gasteiger partial charge in [-0.3, -0.25) is 4.79 Å². The van der Waals surface area contributed by atoms with E-state index in [2.05, 4.69) is 15.4 Å². The summed E-state index contributed by atoms with van der Waals surface area (Å²) in [4.78, 5) is 23.8. The number of nitrogens with zero attached hydrogens (tertiary/aromatic N) is 3. The Bertz CT molecular complexity index is 723. The van der Waals surface area contributed by atoms with E-state index >= 15 is 0 Å². The lowest BCUT2D eigenvalue weighted by atomic mass is 9.92. The van der Waals surface area contributed by atoms with Gasteiger partial charge < -0.3 is 14.5 Å². The molecule has 2 fully saturated rings. The van der Waals surface area contributed by atoms with E-state index in [1.54, 1.807) is 6.20 Å². The third-order valence-corrected chi connectivity index (χ3v) is 5.78. The van der Waals surface area contributed by atoms with Crippen LogP contribution >= 0.6 is 0 Å². The highest BCUT2D eigenvalue weighted by molar-refractivity contribution is 5.80. The Morgan fingerprint density at radius 3 is 2.96 bits per heavy atom. The molecule has 0 bridgehead atoms. The average molecular weight is 358 g/mol. The number of carbonyl (C=O) groups excluding carboxylic acids is 1. The predicted octanol–water partition coefficient (Wildman–Crippen LogP) is 3.06. The Hall–Kier alpha value is -1.99. The molecule has 2 atom stereocenters. The minimum atomic E-state index is -0.203. The van der Waals surface area contributed by atoms with E-state index in [4.69, 9.17) is 4.42 Å². The van der Waals surface area contributed by atoms with Gasteiger partial charge in [0.05, 0.1) is 5.92 Å². The molecule has 7 heteroatoms. The number of carbonyl (C=O) groups is 1. The number of hydrogen-bond acceptors (Lipinski definition) is 6. The zero-order valence-electron chi connectivity index (χ0n) is 14.9. The van der Waals surface area contributed by atoms with Crippen LogP contribution in [0.4, 0.5) is 0 Å². The van der Waals surface area contributed by atoms with E-state index in [0.29, 0.717) is 36.1 Å². The molecule has 2 aromatic heterocycles. The van der Waals surface area contributed by atoms with Gasteiger partial charge in [0.1, 0.15) is 6.04 Å². The molecule has 3 heterocycles. The first-order chi connectivity index (χ1) is 12.8. The fraction of sp³-hybridized carbons (Fsp3) is 0.632. The molecule has 1 aliphatic carbocycles. The van der Waals surface area contributed by atoms with Gasteiger partial charge >= 0.3 is 0 Å². The molecule has 2 N–H and O–H groups in total. The number of hydrogen-bond donors (Lipinski definition) is 2. The molecule has 26 heavy (non-hydrogen) atoms. The minimum Gasteiger partial charge on any atom is -0.437 e. The van der Waals surface area contributed by atoms with Gasteiger partial charge in [0.15, 0.2) is 11.2 Å². The van der Waals surface area contributed by atoms with E-state index in [1.807, 2.05) is 17.0 Å². The number of nitrogens with one attached hydrogen (secondary N) is 1. The first-order valence-electron chi connectivity index (χ1n) is 9.65. The number of likely N-dealkylation sites (tertiary alicyclic amines) is 1. The molecule has 1 saturated carbocycles. The van der Waals surface area contributed by atoms with Gasteiger partial charge in [-0.25, -0.2) is 10.5 Å². The normalized spacial score (nSPS) is 22.3. The van der Waals surface area contributed by atoms with Crippen molar-refractivity contribution in [1.29, 1.82) is 0 Å². The molecule has 0 radical (unpaired) electrons. The molecule has 2 aliphatic rings. The maximum Gasteiger partial charge on any atom is 0.227 e. The van der Waals surface area contributed by atoms with Crippen LogP contribution in [-0.4, -0.2) is 39.1 Å². The van der Waals surface area contributed by atoms with Crippen molar-refractivity contribution < 1.29 is 14.4 Å². The van der Waals surface area contributed by atoms with Crippen LogP contribution in [0.1, 0.15) is 56.9 Å². The highest BCUT2D eigenvalue weighted by Gasteiger charge is 2.37. The largest absolute Gasteiger partial charge is 0.437 e. The van der Waals surface area contributed by atoms with Crippen molar-refractivity contribution in [3.8, 4) is 0 Å². The van der Waals surface area contributed by atoms with Gasteiger partial charge in [-0.1, -0.05) is 25.7 Å². The molecule has 1 aliphatic heterocycles. The second kappa shape index (κ2) is 7.72. The second-order valence-electron chi connectivity index (χ2n) is 7.51. The van der Waals surface area contributed by atoms with Crippen LogP contribution in [0.15, 0.2) is 22.7 Å². The van der Waals surface area contributed by atoms with Crippen molar-refractivity contribution in [2.45, 2.75) is 51.0 Å². The number of rotatable bonds is 6. The van der Waals surface area contributed by atoms with E-state index in [1.165, 1.54) is 25.7 Å². The van der Waals surface area contributed by atoms with Crippen molar-refractivity contribution in [1.82, 2.24) is 20.3 Å². The highest BCUT2D eigenvalue weighted by atomic mass is 16.5. The Kier molecular flexibility index (Phi) is 5.17. The number of aromatic nitrogens is 2. The Morgan fingerprint density at radius 2 is 2.19 bits per heavy atom. The summed E-state index contributed by atoms with van der Waals surface area (Å²) in [6.45, 7) is 1.01. The van der Waals surface area contributed by atoms with Gasteiger partial charge in [-0.2, -0.15) is 4.98 Å². The maximum absolute atomic E-state index is 13.2. The summed E-state index contributed by atoms with van der Waals surface area (Å²) in [6.07, 6.45) is 9.19. The van der Waals surface area contributed by atoms with Crippen molar-refractivity contribution in [3.63, 3.8) is 0 Å². The van der Waals surface area contributed by atoms with Crippen LogP contribution in [0.5, 0.6) is 0 Å².